The molecule has 1 fully saturated rings. The Morgan fingerprint density at radius 1 is 1.21 bits per heavy atom. The van der Waals surface area contributed by atoms with Crippen molar-refractivity contribution in [3.63, 3.8) is 0 Å². The molecule has 1 aromatic rings. The molecular formula is C16H23NO2. The number of nitrogens with zero attached hydrogens (tertiary/aromatic N) is 1. The molecule has 0 bridgehead atoms. The zero-order valence-corrected chi connectivity index (χ0v) is 12.2. The maximum atomic E-state index is 12.5. The second-order valence-corrected chi connectivity index (χ2v) is 6.64. The fourth-order valence-corrected chi connectivity index (χ4v) is 3.21. The van der Waals surface area contributed by atoms with Gasteiger partial charge in [0.15, 0.2) is 5.78 Å². The summed E-state index contributed by atoms with van der Waals surface area (Å²) >= 11 is 0. The molecule has 3 heteroatoms. The minimum absolute atomic E-state index is 0.0317. The van der Waals surface area contributed by atoms with E-state index in [-0.39, 0.29) is 17.2 Å². The summed E-state index contributed by atoms with van der Waals surface area (Å²) in [6.45, 7) is 7.57. The Labute approximate surface area is 115 Å². The number of hydroxylamine groups is 2. The molecule has 0 amide bonds. The minimum Gasteiger partial charge on any atom is -0.313 e. The highest BCUT2D eigenvalue weighted by Crippen LogP contribution is 2.38. The van der Waals surface area contributed by atoms with Gasteiger partial charge in [-0.05, 0) is 46.1 Å². The van der Waals surface area contributed by atoms with Crippen molar-refractivity contribution >= 4 is 5.78 Å². The van der Waals surface area contributed by atoms with E-state index < -0.39 is 5.54 Å². The van der Waals surface area contributed by atoms with Gasteiger partial charge in [0.2, 0.25) is 0 Å². The van der Waals surface area contributed by atoms with Crippen LogP contribution in [0.3, 0.4) is 0 Å². The van der Waals surface area contributed by atoms with Crippen LogP contribution >= 0.6 is 0 Å². The second kappa shape index (κ2) is 4.73. The first-order chi connectivity index (χ1) is 8.75. The summed E-state index contributed by atoms with van der Waals surface area (Å²) in [5, 5.41) is 11.5. The van der Waals surface area contributed by atoms with Crippen molar-refractivity contribution in [2.24, 2.45) is 5.92 Å². The fourth-order valence-electron chi connectivity index (χ4n) is 3.21. The van der Waals surface area contributed by atoms with Crippen LogP contribution in [-0.4, -0.2) is 27.1 Å². The third-order valence-corrected chi connectivity index (χ3v) is 4.15. The van der Waals surface area contributed by atoms with E-state index >= 15 is 0 Å². The van der Waals surface area contributed by atoms with Crippen LogP contribution in [0, 0.1) is 5.92 Å². The van der Waals surface area contributed by atoms with Crippen LogP contribution in [0.4, 0.5) is 0 Å². The Kier molecular flexibility index (Phi) is 3.54. The van der Waals surface area contributed by atoms with Crippen LogP contribution in [0.2, 0.25) is 0 Å². The van der Waals surface area contributed by atoms with Gasteiger partial charge in [0, 0.05) is 11.5 Å². The van der Waals surface area contributed by atoms with Gasteiger partial charge in [-0.25, -0.2) is 0 Å². The van der Waals surface area contributed by atoms with Crippen molar-refractivity contribution in [2.45, 2.75) is 51.6 Å². The van der Waals surface area contributed by atoms with Crippen LogP contribution in [-0.2, 0) is 11.2 Å². The molecule has 0 saturated carbocycles. The maximum absolute atomic E-state index is 12.5. The first-order valence-corrected chi connectivity index (χ1v) is 6.82. The lowest BCUT2D eigenvalue weighted by Crippen LogP contribution is -2.64. The first kappa shape index (κ1) is 14.2. The van der Waals surface area contributed by atoms with Crippen LogP contribution in [0.5, 0.6) is 0 Å². The minimum atomic E-state index is -0.818. The number of hydrogen-bond acceptors (Lipinski definition) is 3. The predicted molar refractivity (Wildman–Crippen MR) is 75.0 cm³/mol. The molecule has 0 radical (unpaired) electrons. The zero-order valence-electron chi connectivity index (χ0n) is 12.2. The van der Waals surface area contributed by atoms with Crippen molar-refractivity contribution in [2.75, 3.05) is 0 Å². The van der Waals surface area contributed by atoms with Gasteiger partial charge in [0.05, 0.1) is 5.54 Å². The van der Waals surface area contributed by atoms with Gasteiger partial charge in [0.25, 0.3) is 0 Å². The lowest BCUT2D eigenvalue weighted by molar-refractivity contribution is -0.239. The highest BCUT2D eigenvalue weighted by molar-refractivity contribution is 5.90. The molecule has 1 aliphatic heterocycles. The quantitative estimate of drug-likeness (QED) is 0.889. The van der Waals surface area contributed by atoms with Crippen molar-refractivity contribution in [1.29, 1.82) is 0 Å². The number of rotatable bonds is 2. The zero-order chi connectivity index (χ0) is 14.3. The van der Waals surface area contributed by atoms with Gasteiger partial charge in [-0.1, -0.05) is 30.3 Å². The molecule has 1 saturated heterocycles. The van der Waals surface area contributed by atoms with E-state index in [4.69, 9.17) is 0 Å². The topological polar surface area (TPSA) is 40.5 Å². The lowest BCUT2D eigenvalue weighted by atomic mass is 9.72. The summed E-state index contributed by atoms with van der Waals surface area (Å²) in [6.07, 6.45) is 1.43. The van der Waals surface area contributed by atoms with E-state index in [2.05, 4.69) is 12.1 Å². The third-order valence-electron chi connectivity index (χ3n) is 4.15. The van der Waals surface area contributed by atoms with E-state index in [0.29, 0.717) is 6.42 Å². The van der Waals surface area contributed by atoms with Gasteiger partial charge in [0.1, 0.15) is 0 Å². The van der Waals surface area contributed by atoms with E-state index in [9.17, 15) is 10.0 Å². The normalized spacial score (nSPS) is 26.4. The van der Waals surface area contributed by atoms with Gasteiger partial charge in [-0.15, -0.1) is 0 Å². The molecule has 0 spiro atoms. The van der Waals surface area contributed by atoms with Gasteiger partial charge in [-0.2, -0.15) is 5.06 Å². The molecule has 1 N–H and O–H groups in total. The second-order valence-electron chi connectivity index (χ2n) is 6.64. The Bertz CT molecular complexity index is 465. The van der Waals surface area contributed by atoms with Gasteiger partial charge >= 0.3 is 0 Å². The molecule has 1 atom stereocenters. The first-order valence-electron chi connectivity index (χ1n) is 6.82. The molecule has 19 heavy (non-hydrogen) atoms. The van der Waals surface area contributed by atoms with E-state index in [1.807, 2.05) is 32.0 Å². The summed E-state index contributed by atoms with van der Waals surface area (Å²) in [6, 6.07) is 10.1. The van der Waals surface area contributed by atoms with E-state index in [1.54, 1.807) is 13.8 Å². The number of carbonyl (C=O) groups is 1. The molecule has 1 aromatic carbocycles. The highest BCUT2D eigenvalue weighted by Gasteiger charge is 2.50. The number of piperidine rings is 1. The smallest absolute Gasteiger partial charge is 0.158 e. The van der Waals surface area contributed by atoms with Crippen molar-refractivity contribution in [3.8, 4) is 0 Å². The molecule has 1 aliphatic rings. The van der Waals surface area contributed by atoms with Crippen molar-refractivity contribution in [1.82, 2.24) is 5.06 Å². The van der Waals surface area contributed by atoms with Crippen LogP contribution < -0.4 is 0 Å². The largest absolute Gasteiger partial charge is 0.313 e. The monoisotopic (exact) mass is 261 g/mol. The van der Waals surface area contributed by atoms with Gasteiger partial charge < -0.3 is 5.21 Å². The number of hydrogen-bond donors (Lipinski definition) is 1. The Morgan fingerprint density at radius 2 is 1.79 bits per heavy atom. The van der Waals surface area contributed by atoms with Crippen LogP contribution in [0.1, 0.15) is 39.7 Å². The molecule has 0 aromatic heterocycles. The number of benzene rings is 1. The summed E-state index contributed by atoms with van der Waals surface area (Å²) in [4.78, 5) is 12.5. The predicted octanol–water partition coefficient (Wildman–Crippen LogP) is 3.07. The highest BCUT2D eigenvalue weighted by atomic mass is 16.5. The number of ketones is 1. The summed E-state index contributed by atoms with van der Waals surface area (Å²) in [7, 11) is 0. The molecule has 1 unspecified atom stereocenters. The average molecular weight is 261 g/mol. The average Bonchev–Trinajstić information content (AvgIpc) is 2.35. The summed E-state index contributed by atoms with van der Waals surface area (Å²) < 4.78 is 0. The molecular weight excluding hydrogens is 238 g/mol. The van der Waals surface area contributed by atoms with Crippen LogP contribution in [0.25, 0.3) is 0 Å². The molecule has 0 aliphatic carbocycles. The summed E-state index contributed by atoms with van der Waals surface area (Å²) in [5.41, 5.74) is -0.0169. The molecule has 3 nitrogen and oxygen atoms in total. The van der Waals surface area contributed by atoms with Crippen LogP contribution in [0.15, 0.2) is 30.3 Å². The summed E-state index contributed by atoms with van der Waals surface area (Å²) in [5.74, 6) is 0.0916. The Balaban J connectivity index is 2.24. The molecule has 104 valence electrons. The molecule has 1 heterocycles. The molecule has 2 rings (SSSR count). The Hall–Kier alpha value is -1.19. The lowest BCUT2D eigenvalue weighted by Gasteiger charge is -2.50. The SMILES string of the molecule is CC1(C)CC(Cc2ccccc2)C(=O)C(C)(C)N1O. The van der Waals surface area contributed by atoms with E-state index in [1.165, 1.54) is 10.6 Å². The maximum Gasteiger partial charge on any atom is 0.158 e. The van der Waals surface area contributed by atoms with Crippen molar-refractivity contribution < 1.29 is 10.0 Å². The van der Waals surface area contributed by atoms with Gasteiger partial charge in [-0.3, -0.25) is 4.79 Å². The number of carbonyl (C=O) groups excluding carboxylic acids is 1. The fraction of sp³-hybridized carbons (Fsp3) is 0.562. The number of Topliss-reactive ketones (excluding diaryl/α,β-unsaturated/α-hetero) is 1. The third kappa shape index (κ3) is 2.58. The van der Waals surface area contributed by atoms with E-state index in [0.717, 1.165) is 6.42 Å². The Morgan fingerprint density at radius 3 is 2.37 bits per heavy atom. The standard InChI is InChI=1S/C16H23NO2/c1-15(2)11-13(10-12-8-6-5-7-9-12)14(18)16(3,4)17(15)19/h5-9,13,19H,10-11H2,1-4H3. The van der Waals surface area contributed by atoms with Crippen molar-refractivity contribution in [3.05, 3.63) is 35.9 Å².